The van der Waals surface area contributed by atoms with Crippen molar-refractivity contribution in [1.29, 1.82) is 0 Å². The summed E-state index contributed by atoms with van der Waals surface area (Å²) in [7, 11) is 1.65. The Bertz CT molecular complexity index is 1090. The normalized spacial score (nSPS) is 23.0. The molecule has 4 N–H and O–H groups in total. The highest BCUT2D eigenvalue weighted by atomic mass is 16.3. The van der Waals surface area contributed by atoms with Crippen molar-refractivity contribution in [2.45, 2.75) is 44.8 Å². The summed E-state index contributed by atoms with van der Waals surface area (Å²) in [5.74, 6) is -1.03. The van der Waals surface area contributed by atoms with Crippen LogP contribution in [0.3, 0.4) is 0 Å². The summed E-state index contributed by atoms with van der Waals surface area (Å²) in [5, 5.41) is 34.9. The van der Waals surface area contributed by atoms with Gasteiger partial charge in [0.05, 0.1) is 17.3 Å². The molecule has 1 aromatic heterocycles. The van der Waals surface area contributed by atoms with Crippen LogP contribution in [-0.4, -0.2) is 63.8 Å². The Kier molecular flexibility index (Phi) is 7.63. The van der Waals surface area contributed by atoms with Gasteiger partial charge in [-0.3, -0.25) is 14.3 Å². The van der Waals surface area contributed by atoms with Gasteiger partial charge in [0.25, 0.3) is 5.91 Å². The highest BCUT2D eigenvalue weighted by Gasteiger charge is 2.51. The van der Waals surface area contributed by atoms with E-state index in [9.17, 15) is 14.7 Å². The molecular weight excluding hydrogens is 448 g/mol. The Balaban J connectivity index is 1.46. The van der Waals surface area contributed by atoms with E-state index in [1.165, 1.54) is 4.90 Å². The van der Waals surface area contributed by atoms with E-state index in [2.05, 4.69) is 20.9 Å². The van der Waals surface area contributed by atoms with Gasteiger partial charge in [-0.1, -0.05) is 24.3 Å². The van der Waals surface area contributed by atoms with E-state index >= 15 is 0 Å². The number of carbonyl (C=O) groups excluding carboxylic acids is 2. The average molecular weight is 483 g/mol. The second-order valence-corrected chi connectivity index (χ2v) is 9.35. The van der Waals surface area contributed by atoms with E-state index < -0.39 is 17.4 Å². The van der Waals surface area contributed by atoms with Crippen LogP contribution in [0.5, 0.6) is 0 Å². The van der Waals surface area contributed by atoms with Gasteiger partial charge in [0.2, 0.25) is 5.91 Å². The summed E-state index contributed by atoms with van der Waals surface area (Å²) in [5.41, 5.74) is 0.704. The third-order valence-electron chi connectivity index (χ3n) is 6.90. The minimum absolute atomic E-state index is 0.0296. The van der Waals surface area contributed by atoms with Crippen molar-refractivity contribution < 1.29 is 19.8 Å². The fourth-order valence-electron chi connectivity index (χ4n) is 4.78. The highest BCUT2D eigenvalue weighted by molar-refractivity contribution is 6.07. The summed E-state index contributed by atoms with van der Waals surface area (Å²) in [6.45, 7) is 4.02. The van der Waals surface area contributed by atoms with Crippen LogP contribution in [0.2, 0.25) is 0 Å². The zero-order valence-corrected chi connectivity index (χ0v) is 20.3. The molecule has 3 atom stereocenters. The van der Waals surface area contributed by atoms with Crippen LogP contribution in [0.25, 0.3) is 0 Å². The average Bonchev–Trinajstić information content (AvgIpc) is 3.39. The molecule has 4 rings (SSSR count). The van der Waals surface area contributed by atoms with Gasteiger partial charge in [0, 0.05) is 56.5 Å². The molecule has 2 aliphatic heterocycles. The highest BCUT2D eigenvalue weighted by Crippen LogP contribution is 2.45. The number of anilines is 2. The molecule has 0 radical (unpaired) electrons. The lowest BCUT2D eigenvalue weighted by Crippen LogP contribution is -2.43. The minimum Gasteiger partial charge on any atom is -0.396 e. The predicted octanol–water partition coefficient (Wildman–Crippen LogP) is 1.20. The summed E-state index contributed by atoms with van der Waals surface area (Å²) in [4.78, 5) is 27.3. The molecule has 0 saturated carbocycles. The number of benzene rings is 1. The first kappa shape index (κ1) is 25.0. The molecule has 1 unspecified atom stereocenters. The monoisotopic (exact) mass is 482 g/mol. The van der Waals surface area contributed by atoms with E-state index in [-0.39, 0.29) is 18.4 Å². The molecule has 3 heterocycles. The maximum absolute atomic E-state index is 13.1. The Hall–Kier alpha value is -3.08. The molecular formula is C25H34N6O4. The second-order valence-electron chi connectivity index (χ2n) is 9.35. The quantitative estimate of drug-likeness (QED) is 0.395. The standard InChI is InChI=1S/C25H34N6O4/c1-17(6-3-4-12-31-16-20(10-13-32)28-29-31)25(35)21-14-19(8-9-22(21)30(2)24(25)34)27-23(33)18-7-5-11-26-15-18/h3,6,8-9,14,16-18,26,32,35H,4-5,7,10-13,15H2,1-2H3,(H,27,33)/b6-3+/t17-,18?,25+/m0/s1. The van der Waals surface area contributed by atoms with Gasteiger partial charge in [-0.05, 0) is 44.0 Å². The molecule has 188 valence electrons. The van der Waals surface area contributed by atoms with Crippen LogP contribution in [0, 0.1) is 11.8 Å². The maximum atomic E-state index is 13.1. The van der Waals surface area contributed by atoms with Crippen LogP contribution in [-0.2, 0) is 28.2 Å². The first-order chi connectivity index (χ1) is 16.8. The number of aryl methyl sites for hydroxylation is 1. The Morgan fingerprint density at radius 1 is 1.43 bits per heavy atom. The Morgan fingerprint density at radius 2 is 2.26 bits per heavy atom. The van der Waals surface area contributed by atoms with Gasteiger partial charge in [0.15, 0.2) is 5.60 Å². The molecule has 2 aromatic rings. The van der Waals surface area contributed by atoms with E-state index in [4.69, 9.17) is 5.11 Å². The molecule has 0 bridgehead atoms. The van der Waals surface area contributed by atoms with Crippen molar-refractivity contribution in [3.05, 3.63) is 47.8 Å². The second kappa shape index (κ2) is 10.7. The number of piperidine rings is 1. The van der Waals surface area contributed by atoms with Crippen molar-refractivity contribution in [3.63, 3.8) is 0 Å². The topological polar surface area (TPSA) is 133 Å². The van der Waals surface area contributed by atoms with Crippen LogP contribution < -0.4 is 15.5 Å². The van der Waals surface area contributed by atoms with Crippen molar-refractivity contribution in [1.82, 2.24) is 20.3 Å². The fourth-order valence-corrected chi connectivity index (χ4v) is 4.78. The van der Waals surface area contributed by atoms with Crippen LogP contribution in [0.1, 0.15) is 37.4 Å². The van der Waals surface area contributed by atoms with Crippen molar-refractivity contribution >= 4 is 23.2 Å². The van der Waals surface area contributed by atoms with Crippen molar-refractivity contribution in [2.75, 3.05) is 37.0 Å². The van der Waals surface area contributed by atoms with Crippen LogP contribution in [0.15, 0.2) is 36.5 Å². The van der Waals surface area contributed by atoms with Gasteiger partial charge < -0.3 is 25.7 Å². The number of nitrogens with one attached hydrogen (secondary N) is 2. The molecule has 0 spiro atoms. The predicted molar refractivity (Wildman–Crippen MR) is 132 cm³/mol. The summed E-state index contributed by atoms with van der Waals surface area (Å²) in [6.07, 6.45) is 8.47. The number of allylic oxidation sites excluding steroid dienone is 1. The van der Waals surface area contributed by atoms with Crippen molar-refractivity contribution in [3.8, 4) is 0 Å². The number of carbonyl (C=O) groups is 2. The van der Waals surface area contributed by atoms with Gasteiger partial charge >= 0.3 is 0 Å². The number of likely N-dealkylation sites (N-methyl/N-ethyl adjacent to an activating group) is 1. The number of aliphatic hydroxyl groups is 2. The lowest BCUT2D eigenvalue weighted by molar-refractivity contribution is -0.139. The van der Waals surface area contributed by atoms with Gasteiger partial charge in [0.1, 0.15) is 0 Å². The molecule has 1 saturated heterocycles. The Morgan fingerprint density at radius 3 is 3.00 bits per heavy atom. The maximum Gasteiger partial charge on any atom is 0.264 e. The molecule has 10 heteroatoms. The summed E-state index contributed by atoms with van der Waals surface area (Å²) in [6, 6.07) is 5.25. The summed E-state index contributed by atoms with van der Waals surface area (Å²) >= 11 is 0. The molecule has 10 nitrogen and oxygen atoms in total. The molecule has 1 fully saturated rings. The number of hydrogen-bond donors (Lipinski definition) is 4. The smallest absolute Gasteiger partial charge is 0.264 e. The number of aliphatic hydroxyl groups excluding tert-OH is 1. The third kappa shape index (κ3) is 5.14. The lowest BCUT2D eigenvalue weighted by atomic mass is 9.82. The van der Waals surface area contributed by atoms with Crippen LogP contribution in [0.4, 0.5) is 11.4 Å². The number of nitrogens with zero attached hydrogens (tertiary/aromatic N) is 4. The number of rotatable bonds is 9. The zero-order valence-electron chi connectivity index (χ0n) is 20.3. The number of amides is 2. The zero-order chi connectivity index (χ0) is 25.0. The Labute approximate surface area is 205 Å². The SMILES string of the molecule is C[C@@H](/C=C/CCn1cc(CCO)nn1)[C@]1(O)C(=O)N(C)c2ccc(NC(=O)C3CCCNC3)cc21. The molecule has 0 aliphatic carbocycles. The van der Waals surface area contributed by atoms with Crippen LogP contribution >= 0.6 is 0 Å². The molecule has 35 heavy (non-hydrogen) atoms. The van der Waals surface area contributed by atoms with Gasteiger partial charge in [-0.25, -0.2) is 0 Å². The molecule has 2 aliphatic rings. The fraction of sp³-hybridized carbons (Fsp3) is 0.520. The van der Waals surface area contributed by atoms with E-state index in [1.807, 2.05) is 19.1 Å². The third-order valence-corrected chi connectivity index (χ3v) is 6.90. The van der Waals surface area contributed by atoms with Gasteiger partial charge in [-0.2, -0.15) is 0 Å². The first-order valence-corrected chi connectivity index (χ1v) is 12.2. The molecule has 2 amide bonds. The lowest BCUT2D eigenvalue weighted by Gasteiger charge is -2.27. The summed E-state index contributed by atoms with van der Waals surface area (Å²) < 4.78 is 1.70. The van der Waals surface area contributed by atoms with E-state index in [0.29, 0.717) is 42.9 Å². The first-order valence-electron chi connectivity index (χ1n) is 12.2. The van der Waals surface area contributed by atoms with E-state index in [1.54, 1.807) is 36.1 Å². The number of hydrogen-bond acceptors (Lipinski definition) is 7. The molecule has 1 aromatic carbocycles. The number of fused-ring (bicyclic) bond motifs is 1. The van der Waals surface area contributed by atoms with E-state index in [0.717, 1.165) is 25.1 Å². The van der Waals surface area contributed by atoms with Gasteiger partial charge in [-0.15, -0.1) is 5.10 Å². The number of aromatic nitrogens is 3. The van der Waals surface area contributed by atoms with Crippen molar-refractivity contribution in [2.24, 2.45) is 11.8 Å². The minimum atomic E-state index is -1.73. The largest absolute Gasteiger partial charge is 0.396 e.